The van der Waals surface area contributed by atoms with E-state index in [4.69, 9.17) is 23.4 Å². The molecule has 0 atom stereocenters. The summed E-state index contributed by atoms with van der Waals surface area (Å²) in [7, 11) is 1.19. The van der Waals surface area contributed by atoms with Gasteiger partial charge in [0.1, 0.15) is 5.58 Å². The quantitative estimate of drug-likeness (QED) is 0.165. The number of methoxy groups -OCH3 is 4. The number of hydrogen-bond donors (Lipinski definition) is 1. The van der Waals surface area contributed by atoms with Gasteiger partial charge < -0.3 is 28.8 Å². The maximum Gasteiger partial charge on any atom is 0.295 e. The van der Waals surface area contributed by atoms with Gasteiger partial charge in [-0.05, 0) is 77.2 Å². The molecule has 0 aliphatic carbocycles. The molecular formula is C39H40N6O11S. The van der Waals surface area contributed by atoms with Gasteiger partial charge in [0.05, 0.1) is 50.8 Å². The predicted molar refractivity (Wildman–Crippen MR) is 209 cm³/mol. The zero-order chi connectivity index (χ0) is 39.6. The van der Waals surface area contributed by atoms with E-state index in [1.54, 1.807) is 26.4 Å². The van der Waals surface area contributed by atoms with Gasteiger partial charge in [-0.1, -0.05) is 24.3 Å². The molecule has 7 rings (SSSR count). The van der Waals surface area contributed by atoms with Gasteiger partial charge >= 0.3 is 0 Å². The van der Waals surface area contributed by atoms with Gasteiger partial charge in [-0.25, -0.2) is 0 Å². The molecule has 0 bridgehead atoms. The zero-order valence-electron chi connectivity index (χ0n) is 31.5. The average Bonchev–Trinajstić information content (AvgIpc) is 3.71. The molecule has 57 heavy (non-hydrogen) atoms. The highest BCUT2D eigenvalue weighted by Gasteiger charge is 2.31. The average molecular weight is 801 g/mol. The van der Waals surface area contributed by atoms with Gasteiger partial charge in [0, 0.05) is 31.8 Å². The Morgan fingerprint density at radius 3 is 2.21 bits per heavy atom. The Kier molecular flexibility index (Phi) is 11.9. The molecule has 1 amide bonds. The molecule has 0 unspecified atom stereocenters. The minimum atomic E-state index is -4.85. The molecule has 17 nitrogen and oxygen atoms in total. The first-order valence-corrected chi connectivity index (χ1v) is 19.0. The maximum absolute atomic E-state index is 14.0. The van der Waals surface area contributed by atoms with Crippen molar-refractivity contribution in [2.45, 2.75) is 19.4 Å². The molecule has 4 aromatic carbocycles. The summed E-state index contributed by atoms with van der Waals surface area (Å²) < 4.78 is 62.4. The highest BCUT2D eigenvalue weighted by molar-refractivity contribution is 7.85. The van der Waals surface area contributed by atoms with E-state index < -0.39 is 33.1 Å². The second kappa shape index (κ2) is 16.8. The van der Waals surface area contributed by atoms with Gasteiger partial charge in [0.15, 0.2) is 40.1 Å². The fourth-order valence-corrected chi connectivity index (χ4v) is 7.24. The Hall–Kier alpha value is -6.34. The van der Waals surface area contributed by atoms with Crippen molar-refractivity contribution in [3.05, 3.63) is 112 Å². The molecule has 0 fully saturated rings. The van der Waals surface area contributed by atoms with Crippen molar-refractivity contribution in [2.75, 3.05) is 52.3 Å². The van der Waals surface area contributed by atoms with Crippen molar-refractivity contribution in [3.63, 3.8) is 0 Å². The zero-order valence-corrected chi connectivity index (χ0v) is 32.3. The molecule has 2 aromatic heterocycles. The number of amides is 1. The Morgan fingerprint density at radius 2 is 1.53 bits per heavy atom. The SMILES string of the molecule is COc1cc2c(cc1OC)CN(CCc1ccc(-n3nnc(-c4cc(OC)c(OC)cc4N(CS(=O)(=O)O)C(=O)c4cc(=O)c5ccccc5o4)n3)cc1)CC2.O. The summed E-state index contributed by atoms with van der Waals surface area (Å²) in [5.74, 6) is -0.964. The van der Waals surface area contributed by atoms with Crippen LogP contribution in [0.5, 0.6) is 23.0 Å². The fourth-order valence-electron chi connectivity index (χ4n) is 6.66. The van der Waals surface area contributed by atoms with Gasteiger partial charge in [-0.3, -0.25) is 23.9 Å². The molecule has 0 saturated heterocycles. The maximum atomic E-state index is 14.0. The highest BCUT2D eigenvalue weighted by Crippen LogP contribution is 2.40. The highest BCUT2D eigenvalue weighted by atomic mass is 32.2. The van der Waals surface area contributed by atoms with Crippen LogP contribution in [0.3, 0.4) is 0 Å². The largest absolute Gasteiger partial charge is 0.493 e. The van der Waals surface area contributed by atoms with Crippen LogP contribution < -0.4 is 29.3 Å². The molecular weight excluding hydrogens is 761 g/mol. The number of fused-ring (bicyclic) bond motifs is 2. The summed E-state index contributed by atoms with van der Waals surface area (Å²) in [6.07, 6.45) is 1.72. The molecule has 3 heterocycles. The minimum Gasteiger partial charge on any atom is -0.493 e. The van der Waals surface area contributed by atoms with Crippen LogP contribution in [0.15, 0.2) is 88.1 Å². The van der Waals surface area contributed by atoms with Gasteiger partial charge in [0.2, 0.25) is 5.82 Å². The first-order valence-electron chi connectivity index (χ1n) is 17.4. The van der Waals surface area contributed by atoms with Crippen LogP contribution in [0.25, 0.3) is 28.0 Å². The molecule has 298 valence electrons. The van der Waals surface area contributed by atoms with Crippen molar-refractivity contribution in [1.29, 1.82) is 0 Å². The molecule has 3 N–H and O–H groups in total. The number of tetrazole rings is 1. The van der Waals surface area contributed by atoms with Crippen LogP contribution in [-0.2, 0) is 29.5 Å². The van der Waals surface area contributed by atoms with Crippen LogP contribution in [0.1, 0.15) is 27.2 Å². The summed E-state index contributed by atoms with van der Waals surface area (Å²) in [6, 6.07) is 21.8. The summed E-state index contributed by atoms with van der Waals surface area (Å²) in [6.45, 7) is 2.58. The first-order chi connectivity index (χ1) is 27.0. The second-order valence-corrected chi connectivity index (χ2v) is 14.4. The van der Waals surface area contributed by atoms with Crippen molar-refractivity contribution in [1.82, 2.24) is 25.1 Å². The van der Waals surface area contributed by atoms with Crippen LogP contribution >= 0.6 is 0 Å². The van der Waals surface area contributed by atoms with E-state index in [0.29, 0.717) is 5.69 Å². The Balaban J connectivity index is 0.00000549. The van der Waals surface area contributed by atoms with Gasteiger partial charge in [-0.15, -0.1) is 15.0 Å². The van der Waals surface area contributed by atoms with E-state index in [-0.39, 0.29) is 45.0 Å². The van der Waals surface area contributed by atoms with Gasteiger partial charge in [-0.2, -0.15) is 8.42 Å². The molecule has 18 heteroatoms. The molecule has 0 saturated carbocycles. The number of para-hydroxylation sites is 1. The smallest absolute Gasteiger partial charge is 0.295 e. The lowest BCUT2D eigenvalue weighted by Crippen LogP contribution is -2.36. The number of nitrogens with zero attached hydrogens (tertiary/aromatic N) is 6. The minimum absolute atomic E-state index is 0. The summed E-state index contributed by atoms with van der Waals surface area (Å²) >= 11 is 0. The number of carbonyl (C=O) groups excluding carboxylic acids is 1. The molecule has 0 radical (unpaired) electrons. The number of anilines is 1. The number of rotatable bonds is 13. The van der Waals surface area contributed by atoms with Crippen molar-refractivity contribution < 1.29 is 46.6 Å². The number of ether oxygens (including phenoxy) is 4. The van der Waals surface area contributed by atoms with E-state index in [9.17, 15) is 22.6 Å². The topological polar surface area (TPSA) is 220 Å². The number of carbonyl (C=O) groups is 1. The third kappa shape index (κ3) is 8.58. The number of aromatic nitrogens is 4. The fraction of sp³-hybridized carbons (Fsp3) is 0.256. The first kappa shape index (κ1) is 40.3. The van der Waals surface area contributed by atoms with Crippen molar-refractivity contribution >= 4 is 32.7 Å². The van der Waals surface area contributed by atoms with Crippen LogP contribution in [0.2, 0.25) is 0 Å². The normalized spacial score (nSPS) is 12.7. The summed E-state index contributed by atoms with van der Waals surface area (Å²) in [5, 5.41) is 13.2. The third-order valence-corrected chi connectivity index (χ3v) is 10.1. The van der Waals surface area contributed by atoms with Gasteiger partial charge in [0.25, 0.3) is 16.0 Å². The molecule has 6 aromatic rings. The van der Waals surface area contributed by atoms with E-state index in [1.165, 1.54) is 54.4 Å². The van der Waals surface area contributed by atoms with Crippen LogP contribution in [0, 0.1) is 0 Å². The lowest BCUT2D eigenvalue weighted by atomic mass is 9.98. The third-order valence-electron chi connectivity index (χ3n) is 9.51. The summed E-state index contributed by atoms with van der Waals surface area (Å²) in [5.41, 5.74) is 3.77. The Morgan fingerprint density at radius 1 is 0.877 bits per heavy atom. The van der Waals surface area contributed by atoms with E-state index in [0.717, 1.165) is 60.5 Å². The number of hydrogen-bond acceptors (Lipinski definition) is 13. The Labute approximate surface area is 327 Å². The molecule has 1 aliphatic heterocycles. The lowest BCUT2D eigenvalue weighted by Gasteiger charge is -2.29. The predicted octanol–water partition coefficient (Wildman–Crippen LogP) is 3.74. The van der Waals surface area contributed by atoms with E-state index in [1.807, 2.05) is 30.3 Å². The monoisotopic (exact) mass is 800 g/mol. The van der Waals surface area contributed by atoms with E-state index in [2.05, 4.69) is 26.4 Å². The molecule has 1 aliphatic rings. The van der Waals surface area contributed by atoms with Crippen molar-refractivity contribution in [2.24, 2.45) is 0 Å². The van der Waals surface area contributed by atoms with Crippen molar-refractivity contribution in [3.8, 4) is 40.1 Å². The molecule has 0 spiro atoms. The second-order valence-electron chi connectivity index (χ2n) is 13.0. The number of benzene rings is 4. The summed E-state index contributed by atoms with van der Waals surface area (Å²) in [4.78, 5) is 31.4. The lowest BCUT2D eigenvalue weighted by molar-refractivity contribution is 0.0964. The van der Waals surface area contributed by atoms with E-state index >= 15 is 0 Å². The Bertz CT molecular complexity index is 2590. The van der Waals surface area contributed by atoms with Crippen LogP contribution in [-0.4, -0.2) is 96.9 Å². The standard InChI is InChI=1S/C39H38N6O10S.H2O/c1-51-33-17-25-14-16-43(22-26(25)18-34(33)52-2)15-13-24-9-11-27(12-10-24)45-41-38(40-42-45)29-19-35(53-3)36(54-4)20-30(29)44(23-56(48,49)50)39(47)37-21-31(46)28-7-5-6-8-32(28)55-37;/h5-12,17-21H,13-16,22-23H2,1-4H3,(H,48,49,50);1H2. The van der Waals surface area contributed by atoms with Crippen LogP contribution in [0.4, 0.5) is 5.69 Å².